The third-order valence-corrected chi connectivity index (χ3v) is 12.8. The molecule has 0 aliphatic heterocycles. The lowest BCUT2D eigenvalue weighted by molar-refractivity contribution is -0.143. The van der Waals surface area contributed by atoms with Gasteiger partial charge in [-0.3, -0.25) is 4.98 Å². The molecule has 0 aliphatic carbocycles. The first-order valence-electron chi connectivity index (χ1n) is 23.6. The molecule has 14 heteroatoms. The number of halogens is 6. The van der Waals surface area contributed by atoms with Crippen molar-refractivity contribution in [2.75, 3.05) is 0 Å². The molecule has 4 heterocycles. The van der Waals surface area contributed by atoms with Crippen molar-refractivity contribution in [1.82, 2.24) is 39.5 Å². The molecule has 4 aromatic heterocycles. The summed E-state index contributed by atoms with van der Waals surface area (Å²) in [5.74, 6) is 2.51. The van der Waals surface area contributed by atoms with Gasteiger partial charge >= 0.3 is 12.4 Å². The van der Waals surface area contributed by atoms with E-state index in [1.807, 2.05) is 174 Å². The Hall–Kier alpha value is -9.69. The van der Waals surface area contributed by atoms with Crippen LogP contribution in [-0.2, 0) is 12.4 Å². The molecule has 12 rings (SSSR count). The number of alkyl halides is 6. The number of para-hydroxylation sites is 1. The third kappa shape index (κ3) is 9.03. The minimum Gasteiger partial charge on any atom is -0.309 e. The average molecular weight is 995 g/mol. The summed E-state index contributed by atoms with van der Waals surface area (Å²) in [6.07, 6.45) is -8.37. The Morgan fingerprint density at radius 2 is 0.747 bits per heavy atom. The molecule has 0 N–H and O–H groups in total. The maximum absolute atomic E-state index is 14.1. The van der Waals surface area contributed by atoms with E-state index in [9.17, 15) is 26.3 Å². The van der Waals surface area contributed by atoms with Gasteiger partial charge in [0.1, 0.15) is 0 Å². The van der Waals surface area contributed by atoms with Crippen LogP contribution in [0.3, 0.4) is 0 Å². The van der Waals surface area contributed by atoms with Crippen molar-refractivity contribution in [1.29, 1.82) is 0 Å². The average Bonchev–Trinajstić information content (AvgIpc) is 3.79. The van der Waals surface area contributed by atoms with E-state index < -0.39 is 23.5 Å². The number of nitrogens with zero attached hydrogens (tertiary/aromatic N) is 8. The second-order valence-corrected chi connectivity index (χ2v) is 17.6. The fraction of sp³-hybridized carbons (Fsp3) is 0.0328. The van der Waals surface area contributed by atoms with E-state index >= 15 is 0 Å². The summed E-state index contributed by atoms with van der Waals surface area (Å²) in [6, 6.07) is 61.9. The molecule has 0 radical (unpaired) electrons. The molecular formula is C61H36F6N8. The summed E-state index contributed by atoms with van der Waals surface area (Å²) >= 11 is 0. The smallest absolute Gasteiger partial charge is 0.309 e. The van der Waals surface area contributed by atoms with Crippen LogP contribution in [0.1, 0.15) is 11.1 Å². The highest BCUT2D eigenvalue weighted by atomic mass is 19.4. The lowest BCUT2D eigenvalue weighted by Gasteiger charge is -2.18. The first kappa shape index (κ1) is 46.4. The molecular weight excluding hydrogens is 959 g/mol. The lowest BCUT2D eigenvalue weighted by Crippen LogP contribution is -2.11. The molecule has 0 bridgehead atoms. The van der Waals surface area contributed by atoms with Crippen LogP contribution in [0.5, 0.6) is 0 Å². The predicted molar refractivity (Wildman–Crippen MR) is 279 cm³/mol. The molecule has 8 aromatic carbocycles. The standard InChI is InChI=1S/C61H36F6N8/c62-60(63,64)44-32-43(33-45(36-44)61(65,66)67)41-27-29-51-48(34-41)46-24-13-14-26-50(46)75(51)52-30-28-42(58-71-54(37-16-5-1-6-17-37)69-55(72-58)38-18-7-2-8-19-38)35-49(52)53-47(25-15-31-68-53)59-73-56(39-20-9-3-10-21-39)70-57(74-59)40-22-11-4-12-23-40/h1-36H. The van der Waals surface area contributed by atoms with Gasteiger partial charge in [0.2, 0.25) is 0 Å². The van der Waals surface area contributed by atoms with Crippen molar-refractivity contribution in [2.24, 2.45) is 0 Å². The maximum atomic E-state index is 14.1. The van der Waals surface area contributed by atoms with Crippen LogP contribution in [0.15, 0.2) is 219 Å². The molecule has 8 nitrogen and oxygen atoms in total. The van der Waals surface area contributed by atoms with Crippen molar-refractivity contribution in [3.05, 3.63) is 230 Å². The Bertz CT molecular complexity index is 3940. The third-order valence-electron chi connectivity index (χ3n) is 12.8. The topological polar surface area (TPSA) is 95.2 Å². The van der Waals surface area contributed by atoms with Crippen molar-refractivity contribution < 1.29 is 26.3 Å². The zero-order chi connectivity index (χ0) is 51.3. The quantitative estimate of drug-likeness (QED) is 0.133. The van der Waals surface area contributed by atoms with E-state index in [4.69, 9.17) is 34.9 Å². The predicted octanol–water partition coefficient (Wildman–Crippen LogP) is 15.9. The molecule has 0 unspecified atom stereocenters. The monoisotopic (exact) mass is 994 g/mol. The van der Waals surface area contributed by atoms with Crippen LogP contribution in [0, 0.1) is 0 Å². The normalized spacial score (nSPS) is 11.9. The number of hydrogen-bond acceptors (Lipinski definition) is 7. The van der Waals surface area contributed by atoms with Crippen molar-refractivity contribution in [3.63, 3.8) is 0 Å². The van der Waals surface area contributed by atoms with E-state index in [-0.39, 0.29) is 17.2 Å². The first-order chi connectivity index (χ1) is 36.4. The number of benzene rings is 8. The van der Waals surface area contributed by atoms with E-state index in [1.54, 1.807) is 24.4 Å². The summed E-state index contributed by atoms with van der Waals surface area (Å²) < 4.78 is 86.9. The van der Waals surface area contributed by atoms with Gasteiger partial charge in [0.05, 0.1) is 33.5 Å². The molecule has 0 aliphatic rings. The Balaban J connectivity index is 1.12. The van der Waals surface area contributed by atoms with Crippen molar-refractivity contribution in [3.8, 4) is 96.4 Å². The van der Waals surface area contributed by atoms with Gasteiger partial charge in [0, 0.05) is 55.9 Å². The highest BCUT2D eigenvalue weighted by Crippen LogP contribution is 2.43. The molecule has 0 spiro atoms. The summed E-state index contributed by atoms with van der Waals surface area (Å²) in [6.45, 7) is 0. The second kappa shape index (κ2) is 18.7. The Morgan fingerprint density at radius 3 is 1.25 bits per heavy atom. The van der Waals surface area contributed by atoms with Gasteiger partial charge in [-0.2, -0.15) is 26.3 Å². The number of pyridine rings is 1. The van der Waals surface area contributed by atoms with Crippen LogP contribution in [-0.4, -0.2) is 39.5 Å². The molecule has 75 heavy (non-hydrogen) atoms. The molecule has 362 valence electrons. The molecule has 0 saturated carbocycles. The molecule has 0 amide bonds. The molecule has 0 saturated heterocycles. The number of fused-ring (bicyclic) bond motifs is 3. The van der Waals surface area contributed by atoms with Gasteiger partial charge in [-0.05, 0) is 77.9 Å². The second-order valence-electron chi connectivity index (χ2n) is 17.6. The van der Waals surface area contributed by atoms with Gasteiger partial charge in [0.25, 0.3) is 0 Å². The van der Waals surface area contributed by atoms with E-state index in [2.05, 4.69) is 0 Å². The molecule has 0 atom stereocenters. The zero-order valence-electron chi connectivity index (χ0n) is 39.1. The highest BCUT2D eigenvalue weighted by Gasteiger charge is 2.37. The fourth-order valence-corrected chi connectivity index (χ4v) is 9.26. The Labute approximate surface area is 424 Å². The summed E-state index contributed by atoms with van der Waals surface area (Å²) in [7, 11) is 0. The van der Waals surface area contributed by atoms with Crippen molar-refractivity contribution in [2.45, 2.75) is 12.4 Å². The summed E-state index contributed by atoms with van der Waals surface area (Å²) in [4.78, 5) is 35.2. The van der Waals surface area contributed by atoms with E-state index in [0.29, 0.717) is 84.8 Å². The van der Waals surface area contributed by atoms with Gasteiger partial charge < -0.3 is 4.57 Å². The maximum Gasteiger partial charge on any atom is 0.416 e. The highest BCUT2D eigenvalue weighted by molar-refractivity contribution is 6.11. The SMILES string of the molecule is FC(F)(F)c1cc(-c2ccc3c(c2)c2ccccc2n3-c2ccc(-c3nc(-c4ccccc4)nc(-c4ccccc4)n3)cc2-c2ncccc2-c2nc(-c3ccccc3)nc(-c3ccccc3)n2)cc(C(F)(F)F)c1. The minimum absolute atomic E-state index is 0.134. The Morgan fingerprint density at radius 1 is 0.307 bits per heavy atom. The van der Waals surface area contributed by atoms with Gasteiger partial charge in [0.15, 0.2) is 34.9 Å². The van der Waals surface area contributed by atoms with Crippen LogP contribution < -0.4 is 0 Å². The molecule has 0 fully saturated rings. The van der Waals surface area contributed by atoms with Gasteiger partial charge in [-0.25, -0.2) is 29.9 Å². The number of rotatable bonds is 9. The fourth-order valence-electron chi connectivity index (χ4n) is 9.26. The van der Waals surface area contributed by atoms with Crippen LogP contribution in [0.4, 0.5) is 26.3 Å². The van der Waals surface area contributed by atoms with Gasteiger partial charge in [-0.1, -0.05) is 146 Å². The van der Waals surface area contributed by atoms with Crippen LogP contribution in [0.25, 0.3) is 118 Å². The van der Waals surface area contributed by atoms with Crippen molar-refractivity contribution >= 4 is 21.8 Å². The van der Waals surface area contributed by atoms with Crippen LogP contribution in [0.2, 0.25) is 0 Å². The minimum atomic E-state index is -5.02. The number of aromatic nitrogens is 8. The number of hydrogen-bond donors (Lipinski definition) is 0. The summed E-state index contributed by atoms with van der Waals surface area (Å²) in [5, 5.41) is 1.28. The zero-order valence-corrected chi connectivity index (χ0v) is 39.1. The summed E-state index contributed by atoms with van der Waals surface area (Å²) in [5.41, 5.74) is 4.42. The lowest BCUT2D eigenvalue weighted by atomic mass is 9.97. The Kier molecular flexibility index (Phi) is 11.6. The largest absolute Gasteiger partial charge is 0.416 e. The van der Waals surface area contributed by atoms with Gasteiger partial charge in [-0.15, -0.1) is 0 Å². The van der Waals surface area contributed by atoms with E-state index in [0.717, 1.165) is 34.4 Å². The first-order valence-corrected chi connectivity index (χ1v) is 23.6. The van der Waals surface area contributed by atoms with Crippen LogP contribution >= 0.6 is 0 Å². The molecule has 12 aromatic rings. The van der Waals surface area contributed by atoms with E-state index in [1.165, 1.54) is 6.07 Å².